The molecule has 0 aliphatic carbocycles. The largest absolute Gasteiger partial charge is 0.394 e. The van der Waals surface area contributed by atoms with E-state index in [-0.39, 0.29) is 77.6 Å². The van der Waals surface area contributed by atoms with E-state index in [0.29, 0.717) is 79.4 Å². The van der Waals surface area contributed by atoms with Crippen molar-refractivity contribution in [1.82, 2.24) is 80.1 Å². The van der Waals surface area contributed by atoms with E-state index in [1.165, 1.54) is 59.4 Å². The topological polar surface area (TPSA) is 457 Å². The van der Waals surface area contributed by atoms with Crippen LogP contribution in [0.25, 0.3) is 89.1 Å². The molecule has 16 rings (SSSR count). The molecule has 16 N–H and O–H groups in total. The summed E-state index contributed by atoms with van der Waals surface area (Å²) < 4.78 is 72.0. The molecule has 16 aromatic rings. The van der Waals surface area contributed by atoms with Gasteiger partial charge in [0.2, 0.25) is 0 Å². The molecule has 8 aromatic carbocycles. The predicted octanol–water partition coefficient (Wildman–Crippen LogP) is 14.6. The number of nitrogens with zero attached hydrogens (tertiary/aromatic N) is 13. The molecule has 0 fully saturated rings. The van der Waals surface area contributed by atoms with Crippen LogP contribution >= 0.6 is 11.6 Å². The smallest absolute Gasteiger partial charge is 0.254 e. The number of amides is 4. The van der Waals surface area contributed by atoms with Gasteiger partial charge in [-0.25, -0.2) is 42.5 Å². The number of carbonyl (C=O) groups is 4. The van der Waals surface area contributed by atoms with E-state index < -0.39 is 71.1 Å². The maximum Gasteiger partial charge on any atom is 0.254 e. The maximum atomic E-state index is 15.0. The van der Waals surface area contributed by atoms with Gasteiger partial charge in [0.05, 0.1) is 110 Å². The summed E-state index contributed by atoms with van der Waals surface area (Å²) in [5, 5.41) is 71.8. The first kappa shape index (κ1) is 97.1. The summed E-state index contributed by atoms with van der Waals surface area (Å²) in [7, 11) is 7.07. The molecule has 0 aliphatic heterocycles. The van der Waals surface area contributed by atoms with Crippen LogP contribution in [0.15, 0.2) is 268 Å². The summed E-state index contributed by atoms with van der Waals surface area (Å²) in [6.45, 7) is 3.67. The van der Waals surface area contributed by atoms with Gasteiger partial charge in [0.1, 0.15) is 58.4 Å². The van der Waals surface area contributed by atoms with E-state index in [0.717, 1.165) is 61.7 Å². The first-order chi connectivity index (χ1) is 65.6. The Morgan fingerprint density at radius 3 is 1.15 bits per heavy atom. The number of methoxy groups -OCH3 is 1. The van der Waals surface area contributed by atoms with E-state index >= 15 is 8.78 Å². The van der Waals surface area contributed by atoms with Crippen molar-refractivity contribution in [1.29, 1.82) is 5.26 Å². The number of hydrogen-bond acceptors (Lipinski definition) is 22. The third kappa shape index (κ3) is 23.2. The van der Waals surface area contributed by atoms with E-state index in [1.54, 1.807) is 194 Å². The van der Waals surface area contributed by atoms with Crippen LogP contribution in [0.2, 0.25) is 5.02 Å². The van der Waals surface area contributed by atoms with Crippen LogP contribution < -0.4 is 44.2 Å². The second-order valence-electron chi connectivity index (χ2n) is 31.2. The number of aromatic nitrogens is 12. The highest BCUT2D eigenvalue weighted by Gasteiger charge is 2.27. The number of rotatable bonds is 27. The molecule has 0 aliphatic rings. The van der Waals surface area contributed by atoms with Crippen molar-refractivity contribution in [2.24, 2.45) is 21.1 Å². The Hall–Kier alpha value is -16.4. The van der Waals surface area contributed by atoms with E-state index in [9.17, 15) is 53.6 Å². The number of halogens is 5. The lowest BCUT2D eigenvalue weighted by atomic mass is 9.99. The minimum Gasteiger partial charge on any atom is -0.394 e. The van der Waals surface area contributed by atoms with Crippen molar-refractivity contribution < 1.29 is 61.9 Å². The van der Waals surface area contributed by atoms with Gasteiger partial charge in [-0.3, -0.25) is 33.2 Å². The first-order valence-electron chi connectivity index (χ1n) is 42.3. The number of anilines is 4. The molecule has 0 bridgehead atoms. The Labute approximate surface area is 783 Å². The van der Waals surface area contributed by atoms with Crippen molar-refractivity contribution in [3.63, 3.8) is 0 Å². The fraction of sp³-hybridized carbons (Fsp3) is 0.158. The lowest BCUT2D eigenvalue weighted by Gasteiger charge is -2.17. The predicted molar refractivity (Wildman–Crippen MR) is 510 cm³/mol. The van der Waals surface area contributed by atoms with Crippen molar-refractivity contribution in [2.75, 3.05) is 63.1 Å². The average molecular weight is 1860 g/mol. The van der Waals surface area contributed by atoms with E-state index in [1.807, 2.05) is 81.2 Å². The zero-order chi connectivity index (χ0) is 97.0. The number of carbonyl (C=O) groups excluding carboxylic acids is 4. The third-order valence-electron chi connectivity index (χ3n) is 22.4. The zero-order valence-electron chi connectivity index (χ0n) is 74.3. The molecule has 30 nitrogen and oxygen atoms in total. The van der Waals surface area contributed by atoms with Crippen LogP contribution in [0.4, 0.5) is 40.8 Å². The minimum absolute atomic E-state index is 0.126. The standard InChI is InChI=1S/C26H26FN5O3.C25H20ClFN6O2.2C25H24FN5O2/c1-35-10-9-32-15-20(14-30-32)19-11-22(25(28)29-13-19)18-7-8-21(23(27)12-18)26(34)31-24(16-33)17-5-3-2-4-6-17;1-33-12-20(22(10-28)32-33)16-8-19(24(29)30-11-16)14-5-6-18(21(27)9-14)25(35)31-23(13-34)15-3-2-4-17(26)7-15;1-15-21(13-29-31(15)2)18-10-20(24(27)28-12-18)17-8-9-19(22(26)11-17)25(33)30-23(14-32)16-6-4-3-5-7-16;1-15-28-13-23(31(15)2)18-10-20(24(27)29-12-18)17-8-9-19(21(26)11-17)25(33)30-22(14-32)16-6-4-3-5-7-16/h2-8,11-15,24,33H,9-10,16H2,1H3,(H2,28,29)(H,31,34);2-9,11-12,23,34H,13H2,1H3,(H2,29,30)(H,31,35);3-13,23,32H,14H2,1-2H3,(H2,27,28)(H,30,33);3-13,22,32H,14H2,1-2H3,(H2,27,29)(H,30,33)/t24-;2*23-;22-/m1111/s1. The highest BCUT2D eigenvalue weighted by atomic mass is 35.5. The number of nitrogens with two attached hydrogens (primary N) is 4. The van der Waals surface area contributed by atoms with Crippen LogP contribution in [0.1, 0.15) is 105 Å². The van der Waals surface area contributed by atoms with Gasteiger partial charge in [0, 0.05) is 137 Å². The molecular weight excluding hydrogens is 1760 g/mol. The molecule has 8 aromatic heterocycles. The number of nitrogen functional groups attached to an aromatic ring is 4. The van der Waals surface area contributed by atoms with Gasteiger partial charge in [-0.15, -0.1) is 0 Å². The summed E-state index contributed by atoms with van der Waals surface area (Å²) >= 11 is 5.99. The molecule has 8 heterocycles. The molecule has 0 radical (unpaired) electrons. The molecule has 0 saturated carbocycles. The number of aliphatic hydroxyl groups is 4. The Bertz CT molecular complexity index is 6840. The van der Waals surface area contributed by atoms with Crippen LogP contribution in [0.3, 0.4) is 0 Å². The number of benzene rings is 8. The molecule has 136 heavy (non-hydrogen) atoms. The Balaban J connectivity index is 0.000000153. The fourth-order valence-electron chi connectivity index (χ4n) is 14.7. The Morgan fingerprint density at radius 2 is 0.794 bits per heavy atom. The number of nitrogens with one attached hydrogen (secondary N) is 4. The number of ether oxygens (including phenoxy) is 1. The SMILES string of the molecule is COCCn1cc(-c2cnc(N)c(-c3ccc(C(=O)N[C@H](CO)c4ccccc4)c(F)c3)c2)cn1.Cc1c(-c2cnc(N)c(-c3ccc(C(=O)N[C@H](CO)c4ccccc4)c(F)c3)c2)cnn1C.Cc1ncc(-c2cnc(N)c(-c3ccc(C(=O)N[C@H](CO)c4ccccc4)c(F)c3)c2)n1C.Cn1cc(-c2cnc(N)c(-c3ccc(C(=O)N[C@H](CO)c4cccc(Cl)c4)c(F)c3)c2)c(C#N)n1. The second kappa shape index (κ2) is 44.7. The van der Waals surface area contributed by atoms with Gasteiger partial charge < -0.3 is 73.9 Å². The van der Waals surface area contributed by atoms with Crippen molar-refractivity contribution >= 4 is 58.5 Å². The molecule has 0 saturated heterocycles. The van der Waals surface area contributed by atoms with Crippen molar-refractivity contribution in [2.45, 2.75) is 44.6 Å². The number of hydrogen-bond donors (Lipinski definition) is 12. The highest BCUT2D eigenvalue weighted by Crippen LogP contribution is 2.38. The Kier molecular flexibility index (Phi) is 31.9. The monoisotopic (exact) mass is 1860 g/mol. The van der Waals surface area contributed by atoms with Crippen LogP contribution in [-0.2, 0) is 32.4 Å². The number of aryl methyl sites for hydroxylation is 3. The van der Waals surface area contributed by atoms with Crippen molar-refractivity contribution in [3.05, 3.63) is 358 Å². The van der Waals surface area contributed by atoms with E-state index in [4.69, 9.17) is 39.3 Å². The fourth-order valence-corrected chi connectivity index (χ4v) is 14.9. The lowest BCUT2D eigenvalue weighted by Crippen LogP contribution is -2.31. The van der Waals surface area contributed by atoms with Gasteiger partial charge in [-0.2, -0.15) is 20.6 Å². The van der Waals surface area contributed by atoms with Gasteiger partial charge in [0.25, 0.3) is 23.6 Å². The van der Waals surface area contributed by atoms with Gasteiger partial charge in [0.15, 0.2) is 5.69 Å². The summed E-state index contributed by atoms with van der Waals surface area (Å²) in [5.41, 5.74) is 37.7. The molecule has 4 amide bonds. The third-order valence-corrected chi connectivity index (χ3v) is 22.6. The summed E-state index contributed by atoms with van der Waals surface area (Å²) in [4.78, 5) is 72.1. The van der Waals surface area contributed by atoms with Gasteiger partial charge in [-0.05, 0) is 143 Å². The lowest BCUT2D eigenvalue weighted by molar-refractivity contribution is 0.0904. The van der Waals surface area contributed by atoms with Gasteiger partial charge >= 0.3 is 0 Å². The normalized spacial score (nSPS) is 11.8. The molecule has 4 atom stereocenters. The molecule has 0 unspecified atom stereocenters. The highest BCUT2D eigenvalue weighted by molar-refractivity contribution is 6.30. The molecule has 0 spiro atoms. The molecular formula is C101H94ClF4N21O9. The maximum absolute atomic E-state index is 15.0. The zero-order valence-corrected chi connectivity index (χ0v) is 75.1. The summed E-state index contributed by atoms with van der Waals surface area (Å²) in [6, 6.07) is 57.1. The number of pyridine rings is 4. The summed E-state index contributed by atoms with van der Waals surface area (Å²) in [6.07, 6.45) is 15.2. The van der Waals surface area contributed by atoms with E-state index in [2.05, 4.69) is 61.5 Å². The first-order valence-corrected chi connectivity index (χ1v) is 42.7. The van der Waals surface area contributed by atoms with Crippen LogP contribution in [0.5, 0.6) is 0 Å². The summed E-state index contributed by atoms with van der Waals surface area (Å²) in [5.74, 6) is -3.68. The molecule has 35 heteroatoms. The second-order valence-corrected chi connectivity index (χ2v) is 31.6. The van der Waals surface area contributed by atoms with Crippen LogP contribution in [0, 0.1) is 48.4 Å². The average Bonchev–Trinajstić information content (AvgIpc) is 1.37. The number of imidazole rings is 1. The number of aliphatic hydroxyl groups excluding tert-OH is 4. The van der Waals surface area contributed by atoms with Crippen molar-refractivity contribution in [3.8, 4) is 95.2 Å². The number of nitriles is 1. The molecule has 692 valence electrons. The van der Waals surface area contributed by atoms with Gasteiger partial charge in [-0.1, -0.05) is 139 Å². The Morgan fingerprint density at radius 1 is 0.419 bits per heavy atom. The quantitative estimate of drug-likeness (QED) is 0.0213. The van der Waals surface area contributed by atoms with Crippen LogP contribution in [-0.4, -0.2) is 143 Å². The minimum atomic E-state index is -0.772.